The molecule has 0 saturated heterocycles. The van der Waals surface area contributed by atoms with Crippen LogP contribution in [0.1, 0.15) is 44.4 Å². The van der Waals surface area contributed by atoms with Crippen molar-refractivity contribution in [2.75, 3.05) is 32.1 Å². The highest BCUT2D eigenvalue weighted by atomic mass is 32.2. The topological polar surface area (TPSA) is 99.3 Å². The van der Waals surface area contributed by atoms with E-state index in [0.29, 0.717) is 17.0 Å². The van der Waals surface area contributed by atoms with Crippen LogP contribution in [0.25, 0.3) is 0 Å². The lowest BCUT2D eigenvalue weighted by Gasteiger charge is -2.34. The van der Waals surface area contributed by atoms with Gasteiger partial charge in [-0.3, -0.25) is 9.59 Å². The number of aryl methyl sites for hydroxylation is 2. The van der Waals surface area contributed by atoms with Crippen molar-refractivity contribution in [2.45, 2.75) is 59.7 Å². The Bertz CT molecular complexity index is 1200. The Labute approximate surface area is 221 Å². The fraction of sp³-hybridized carbons (Fsp3) is 0.481. The van der Waals surface area contributed by atoms with Gasteiger partial charge >= 0.3 is 10.2 Å². The number of hydrogen-bond donors (Lipinski definition) is 1. The third kappa shape index (κ3) is 7.93. The fourth-order valence-electron chi connectivity index (χ4n) is 3.67. The first-order chi connectivity index (χ1) is 17.1. The Morgan fingerprint density at radius 2 is 1.62 bits per heavy atom. The normalized spacial score (nSPS) is 12.7. The summed E-state index contributed by atoms with van der Waals surface area (Å²) in [6.45, 7) is 10.5. The lowest BCUT2D eigenvalue weighted by Crippen LogP contribution is -2.55. The van der Waals surface area contributed by atoms with Gasteiger partial charge in [-0.05, 0) is 76.4 Å². The first-order valence-corrected chi connectivity index (χ1v) is 13.5. The van der Waals surface area contributed by atoms with E-state index in [1.165, 1.54) is 19.0 Å². The van der Waals surface area contributed by atoms with Gasteiger partial charge < -0.3 is 15.0 Å². The van der Waals surface area contributed by atoms with Gasteiger partial charge in [-0.15, -0.1) is 0 Å². The molecule has 0 aliphatic heterocycles. The third-order valence-corrected chi connectivity index (χ3v) is 7.64. The Kier molecular flexibility index (Phi) is 9.73. The Morgan fingerprint density at radius 3 is 2.14 bits per heavy atom. The number of amides is 2. The highest BCUT2D eigenvalue weighted by Gasteiger charge is 2.34. The van der Waals surface area contributed by atoms with E-state index in [0.717, 1.165) is 19.7 Å². The van der Waals surface area contributed by atoms with Crippen LogP contribution in [0.15, 0.2) is 42.5 Å². The van der Waals surface area contributed by atoms with Gasteiger partial charge in [0.05, 0.1) is 12.8 Å². The molecule has 2 rings (SSSR count). The van der Waals surface area contributed by atoms with Crippen molar-refractivity contribution in [2.24, 2.45) is 0 Å². The quantitative estimate of drug-likeness (QED) is 0.506. The first-order valence-electron chi connectivity index (χ1n) is 12.1. The van der Waals surface area contributed by atoms with Crippen LogP contribution < -0.4 is 14.4 Å². The summed E-state index contributed by atoms with van der Waals surface area (Å²) in [5.41, 5.74) is 2.26. The zero-order chi connectivity index (χ0) is 28.1. The Morgan fingerprint density at radius 1 is 1.03 bits per heavy atom. The van der Waals surface area contributed by atoms with Crippen LogP contribution in [0.3, 0.4) is 0 Å². The second kappa shape index (κ2) is 12.0. The molecule has 0 aliphatic rings. The molecule has 0 aliphatic carbocycles. The number of carbonyl (C=O) groups excluding carboxylic acids is 2. The molecule has 1 unspecified atom stereocenters. The van der Waals surface area contributed by atoms with Crippen molar-refractivity contribution in [3.63, 3.8) is 0 Å². The fourth-order valence-corrected chi connectivity index (χ4v) is 4.79. The molecule has 2 aromatic rings. The molecule has 0 fully saturated rings. The highest BCUT2D eigenvalue weighted by molar-refractivity contribution is 7.90. The van der Waals surface area contributed by atoms with Gasteiger partial charge in [0, 0.05) is 26.2 Å². The lowest BCUT2D eigenvalue weighted by atomic mass is 10.1. The number of rotatable bonds is 10. The zero-order valence-corrected chi connectivity index (χ0v) is 24.1. The van der Waals surface area contributed by atoms with Crippen molar-refractivity contribution < 1.29 is 22.7 Å². The highest BCUT2D eigenvalue weighted by Crippen LogP contribution is 2.26. The van der Waals surface area contributed by atoms with E-state index in [9.17, 15) is 18.0 Å². The number of hydrogen-bond acceptors (Lipinski definition) is 5. The van der Waals surface area contributed by atoms with Crippen molar-refractivity contribution in [1.29, 1.82) is 0 Å². The van der Waals surface area contributed by atoms with Gasteiger partial charge in [-0.1, -0.05) is 24.3 Å². The van der Waals surface area contributed by atoms with Crippen LogP contribution in [-0.4, -0.2) is 68.8 Å². The zero-order valence-electron chi connectivity index (χ0n) is 23.3. The molecule has 2 amide bonds. The number of nitrogens with zero attached hydrogens (tertiary/aromatic N) is 3. The molecule has 1 atom stereocenters. The molecule has 2 aromatic carbocycles. The van der Waals surface area contributed by atoms with E-state index >= 15 is 0 Å². The predicted molar refractivity (Wildman–Crippen MR) is 147 cm³/mol. The van der Waals surface area contributed by atoms with E-state index in [-0.39, 0.29) is 12.5 Å². The number of carbonyl (C=O) groups is 2. The summed E-state index contributed by atoms with van der Waals surface area (Å²) >= 11 is 0. The Hall–Kier alpha value is -3.11. The molecule has 204 valence electrons. The van der Waals surface area contributed by atoms with Gasteiger partial charge in [0.2, 0.25) is 11.8 Å². The molecule has 0 radical (unpaired) electrons. The minimum absolute atomic E-state index is 0.115. The number of nitrogens with one attached hydrogen (secondary N) is 1. The average Bonchev–Trinajstić information content (AvgIpc) is 2.81. The lowest BCUT2D eigenvalue weighted by molar-refractivity contribution is -0.140. The molecule has 1 N–H and O–H groups in total. The molecule has 0 bridgehead atoms. The van der Waals surface area contributed by atoms with Crippen LogP contribution in [-0.2, 0) is 26.3 Å². The molecule has 0 aromatic heterocycles. The monoisotopic (exact) mass is 532 g/mol. The number of ether oxygens (including phenoxy) is 1. The van der Waals surface area contributed by atoms with Gasteiger partial charge in [-0.25, -0.2) is 4.31 Å². The molecular formula is C27H40N4O5S. The second-order valence-electron chi connectivity index (χ2n) is 10.4. The average molecular weight is 533 g/mol. The van der Waals surface area contributed by atoms with Crippen LogP contribution in [0.2, 0.25) is 0 Å². The van der Waals surface area contributed by atoms with E-state index in [1.54, 1.807) is 39.2 Å². The van der Waals surface area contributed by atoms with Gasteiger partial charge in [0.1, 0.15) is 18.3 Å². The van der Waals surface area contributed by atoms with Crippen molar-refractivity contribution in [3.05, 3.63) is 59.2 Å². The van der Waals surface area contributed by atoms with Gasteiger partial charge in [0.15, 0.2) is 0 Å². The number of methoxy groups -OCH3 is 1. The van der Waals surface area contributed by atoms with Crippen molar-refractivity contribution in [3.8, 4) is 5.75 Å². The largest absolute Gasteiger partial charge is 0.497 e. The van der Waals surface area contributed by atoms with Gasteiger partial charge in [0.25, 0.3) is 0 Å². The first kappa shape index (κ1) is 30.1. The Balaban J connectivity index is 2.52. The number of anilines is 1. The molecule has 0 saturated carbocycles. The summed E-state index contributed by atoms with van der Waals surface area (Å²) in [5.74, 6) is -0.167. The summed E-state index contributed by atoms with van der Waals surface area (Å²) in [4.78, 5) is 28.3. The second-order valence-corrected chi connectivity index (χ2v) is 12.4. The minimum atomic E-state index is -4.01. The summed E-state index contributed by atoms with van der Waals surface area (Å²) in [6, 6.07) is 11.8. The predicted octanol–water partition coefficient (Wildman–Crippen LogP) is 3.26. The SMILES string of the molecule is COc1ccc(CN(C(=O)CN(c2cc(C)ccc2C)S(=O)(=O)N(C)C)C(C)C(=O)NC(C)(C)C)cc1. The van der Waals surface area contributed by atoms with Crippen LogP contribution >= 0.6 is 0 Å². The maximum Gasteiger partial charge on any atom is 0.304 e. The van der Waals surface area contributed by atoms with E-state index in [2.05, 4.69) is 5.32 Å². The summed E-state index contributed by atoms with van der Waals surface area (Å²) in [6.07, 6.45) is 0. The summed E-state index contributed by atoms with van der Waals surface area (Å²) in [7, 11) is 0.398. The van der Waals surface area contributed by atoms with Gasteiger partial charge in [-0.2, -0.15) is 12.7 Å². The van der Waals surface area contributed by atoms with Crippen molar-refractivity contribution >= 4 is 27.7 Å². The maximum absolute atomic E-state index is 13.8. The summed E-state index contributed by atoms with van der Waals surface area (Å²) in [5, 5.41) is 2.92. The number of benzene rings is 2. The molecular weight excluding hydrogens is 492 g/mol. The third-order valence-electron chi connectivity index (χ3n) is 5.83. The molecule has 9 nitrogen and oxygen atoms in total. The van der Waals surface area contributed by atoms with E-state index in [4.69, 9.17) is 4.74 Å². The van der Waals surface area contributed by atoms with E-state index < -0.39 is 34.2 Å². The van der Waals surface area contributed by atoms with Crippen LogP contribution in [0.4, 0.5) is 5.69 Å². The van der Waals surface area contributed by atoms with Crippen LogP contribution in [0.5, 0.6) is 5.75 Å². The summed E-state index contributed by atoms with van der Waals surface area (Å²) < 4.78 is 34.1. The van der Waals surface area contributed by atoms with Crippen molar-refractivity contribution in [1.82, 2.24) is 14.5 Å². The molecule has 0 spiro atoms. The molecule has 37 heavy (non-hydrogen) atoms. The van der Waals surface area contributed by atoms with E-state index in [1.807, 2.05) is 52.0 Å². The maximum atomic E-state index is 13.8. The van der Waals surface area contributed by atoms with Crippen LogP contribution in [0, 0.1) is 13.8 Å². The smallest absolute Gasteiger partial charge is 0.304 e. The molecule has 10 heteroatoms. The molecule has 0 heterocycles. The standard InChI is InChI=1S/C27H40N4O5S/c1-19-10-11-20(2)24(16-19)31(37(34,35)29(7)8)18-25(32)30(21(3)26(33)28-27(4,5)6)17-22-12-14-23(36-9)15-13-22/h10-16,21H,17-18H2,1-9H3,(H,28,33). The minimum Gasteiger partial charge on any atom is -0.497 e.